The predicted molar refractivity (Wildman–Crippen MR) is 83.1 cm³/mol. The van der Waals surface area contributed by atoms with Gasteiger partial charge in [-0.25, -0.2) is 18.4 Å². The van der Waals surface area contributed by atoms with E-state index in [2.05, 4.69) is 15.3 Å². The van der Waals surface area contributed by atoms with Crippen LogP contribution in [0.1, 0.15) is 18.2 Å². The molecule has 1 heterocycles. The third-order valence-corrected chi connectivity index (χ3v) is 4.98. The normalized spacial score (nSPS) is 12.9. The second kappa shape index (κ2) is 6.22. The molecule has 6 heteroatoms. The third kappa shape index (κ3) is 4.26. The molecule has 0 saturated carbocycles. The summed E-state index contributed by atoms with van der Waals surface area (Å²) in [5.74, 6) is 0.646. The molecule has 0 fully saturated rings. The van der Waals surface area contributed by atoms with Gasteiger partial charge in [0.2, 0.25) is 0 Å². The maximum atomic E-state index is 12.3. The van der Waals surface area contributed by atoms with Gasteiger partial charge in [0.15, 0.2) is 9.84 Å². The number of aryl methyl sites for hydroxylation is 2. The summed E-state index contributed by atoms with van der Waals surface area (Å²) >= 11 is 0. The smallest absolute Gasteiger partial charge is 0.180 e. The van der Waals surface area contributed by atoms with Crippen molar-refractivity contribution >= 4 is 15.7 Å². The lowest BCUT2D eigenvalue weighted by atomic mass is 10.2. The van der Waals surface area contributed by atoms with E-state index >= 15 is 0 Å². The van der Waals surface area contributed by atoms with Crippen LogP contribution in [-0.2, 0) is 9.84 Å². The summed E-state index contributed by atoms with van der Waals surface area (Å²) in [7, 11) is -3.31. The van der Waals surface area contributed by atoms with Gasteiger partial charge >= 0.3 is 0 Å². The molecule has 0 saturated heterocycles. The fourth-order valence-electron chi connectivity index (χ4n) is 2.00. The second-order valence-corrected chi connectivity index (χ2v) is 7.22. The lowest BCUT2D eigenvalue weighted by molar-refractivity contribution is 0.592. The molecule has 0 unspecified atom stereocenters. The van der Waals surface area contributed by atoms with Crippen molar-refractivity contribution in [2.45, 2.75) is 31.7 Å². The molecule has 0 bridgehead atoms. The van der Waals surface area contributed by atoms with Gasteiger partial charge in [-0.05, 0) is 32.9 Å². The molecule has 1 aromatic carbocycles. The topological polar surface area (TPSA) is 72.0 Å². The van der Waals surface area contributed by atoms with E-state index in [0.29, 0.717) is 10.7 Å². The highest BCUT2D eigenvalue weighted by Gasteiger charge is 2.18. The number of aromatic nitrogens is 2. The van der Waals surface area contributed by atoms with Crippen molar-refractivity contribution in [2.75, 3.05) is 11.1 Å². The van der Waals surface area contributed by atoms with Crippen LogP contribution in [0.4, 0.5) is 5.82 Å². The first-order valence-electron chi connectivity index (χ1n) is 6.71. The first kappa shape index (κ1) is 15.4. The molecule has 0 amide bonds. The van der Waals surface area contributed by atoms with Crippen molar-refractivity contribution in [3.05, 3.63) is 47.9 Å². The van der Waals surface area contributed by atoms with Crippen molar-refractivity contribution in [2.24, 2.45) is 0 Å². The summed E-state index contributed by atoms with van der Waals surface area (Å²) in [5, 5.41) is 3.09. The Balaban J connectivity index is 2.07. The van der Waals surface area contributed by atoms with Gasteiger partial charge in [-0.3, -0.25) is 0 Å². The van der Waals surface area contributed by atoms with Gasteiger partial charge in [0.05, 0.1) is 10.6 Å². The Hall–Kier alpha value is -1.95. The summed E-state index contributed by atoms with van der Waals surface area (Å²) in [4.78, 5) is 8.43. The van der Waals surface area contributed by atoms with Gasteiger partial charge in [-0.1, -0.05) is 17.7 Å². The first-order chi connectivity index (χ1) is 9.87. The standard InChI is InChI=1S/C15H19N3O2S/c1-11-4-6-14(7-5-11)21(19,20)9-13(3)18-15-8-12(2)16-10-17-15/h4-8,10,13H,9H2,1-3H3,(H,16,17,18)/t13-/m1/s1. The summed E-state index contributed by atoms with van der Waals surface area (Å²) in [6.07, 6.45) is 1.46. The van der Waals surface area contributed by atoms with Crippen LogP contribution in [0.15, 0.2) is 41.6 Å². The molecule has 0 aliphatic rings. The van der Waals surface area contributed by atoms with Gasteiger partial charge in [-0.15, -0.1) is 0 Å². The summed E-state index contributed by atoms with van der Waals surface area (Å²) in [6, 6.07) is 8.44. The Morgan fingerprint density at radius 3 is 2.43 bits per heavy atom. The molecule has 1 atom stereocenters. The maximum absolute atomic E-state index is 12.3. The molecule has 5 nitrogen and oxygen atoms in total. The van der Waals surface area contributed by atoms with Gasteiger partial charge in [-0.2, -0.15) is 0 Å². The lowest BCUT2D eigenvalue weighted by Crippen LogP contribution is -2.26. The van der Waals surface area contributed by atoms with Gasteiger partial charge < -0.3 is 5.32 Å². The van der Waals surface area contributed by atoms with E-state index in [4.69, 9.17) is 0 Å². The zero-order valence-corrected chi connectivity index (χ0v) is 13.2. The Morgan fingerprint density at radius 1 is 1.14 bits per heavy atom. The van der Waals surface area contributed by atoms with Crippen LogP contribution in [-0.4, -0.2) is 30.2 Å². The molecule has 1 aromatic heterocycles. The molecule has 0 aliphatic carbocycles. The molecule has 2 rings (SSSR count). The Labute approximate surface area is 125 Å². The molecular weight excluding hydrogens is 286 g/mol. The number of rotatable bonds is 5. The van der Waals surface area contributed by atoms with Crippen LogP contribution in [0.2, 0.25) is 0 Å². The van der Waals surface area contributed by atoms with E-state index in [9.17, 15) is 8.42 Å². The van der Waals surface area contributed by atoms with E-state index in [-0.39, 0.29) is 11.8 Å². The van der Waals surface area contributed by atoms with Gasteiger partial charge in [0.1, 0.15) is 12.1 Å². The number of nitrogens with one attached hydrogen (secondary N) is 1. The molecular formula is C15H19N3O2S. The van der Waals surface area contributed by atoms with E-state index in [1.165, 1.54) is 6.33 Å². The van der Waals surface area contributed by atoms with E-state index in [1.807, 2.05) is 20.8 Å². The maximum Gasteiger partial charge on any atom is 0.180 e. The van der Waals surface area contributed by atoms with Crippen LogP contribution >= 0.6 is 0 Å². The second-order valence-electron chi connectivity index (χ2n) is 5.18. The van der Waals surface area contributed by atoms with Crippen molar-refractivity contribution in [1.29, 1.82) is 0 Å². The monoisotopic (exact) mass is 305 g/mol. The minimum atomic E-state index is -3.31. The fourth-order valence-corrected chi connectivity index (χ4v) is 3.48. The van der Waals surface area contributed by atoms with Gasteiger partial charge in [0.25, 0.3) is 0 Å². The van der Waals surface area contributed by atoms with Crippen LogP contribution in [0, 0.1) is 13.8 Å². The zero-order valence-electron chi connectivity index (χ0n) is 12.4. The van der Waals surface area contributed by atoms with E-state index in [1.54, 1.807) is 30.3 Å². The zero-order chi connectivity index (χ0) is 15.5. The first-order valence-corrected chi connectivity index (χ1v) is 8.37. The Kier molecular flexibility index (Phi) is 4.57. The third-order valence-electron chi connectivity index (χ3n) is 3.05. The minimum absolute atomic E-state index is 0.0130. The van der Waals surface area contributed by atoms with Crippen molar-refractivity contribution in [1.82, 2.24) is 9.97 Å². The summed E-state index contributed by atoms with van der Waals surface area (Å²) < 4.78 is 24.7. The molecule has 21 heavy (non-hydrogen) atoms. The number of hydrogen-bond acceptors (Lipinski definition) is 5. The number of sulfone groups is 1. The predicted octanol–water partition coefficient (Wildman–Crippen LogP) is 2.37. The van der Waals surface area contributed by atoms with Crippen LogP contribution in [0.25, 0.3) is 0 Å². The Morgan fingerprint density at radius 2 is 1.81 bits per heavy atom. The Bertz CT molecular complexity index is 712. The molecule has 112 valence electrons. The number of benzene rings is 1. The molecule has 0 radical (unpaired) electrons. The van der Waals surface area contributed by atoms with Crippen molar-refractivity contribution in [3.63, 3.8) is 0 Å². The van der Waals surface area contributed by atoms with E-state index in [0.717, 1.165) is 11.3 Å². The molecule has 0 aliphatic heterocycles. The highest BCUT2D eigenvalue weighted by Crippen LogP contribution is 2.14. The van der Waals surface area contributed by atoms with Crippen LogP contribution < -0.4 is 5.32 Å². The number of hydrogen-bond donors (Lipinski definition) is 1. The largest absolute Gasteiger partial charge is 0.366 e. The van der Waals surface area contributed by atoms with Crippen molar-refractivity contribution in [3.8, 4) is 0 Å². The molecule has 2 aromatic rings. The van der Waals surface area contributed by atoms with Crippen LogP contribution in [0.5, 0.6) is 0 Å². The summed E-state index contributed by atoms with van der Waals surface area (Å²) in [6.45, 7) is 5.61. The minimum Gasteiger partial charge on any atom is -0.366 e. The SMILES string of the molecule is Cc1ccc(S(=O)(=O)C[C@@H](C)Nc2cc(C)ncn2)cc1. The highest BCUT2D eigenvalue weighted by atomic mass is 32.2. The molecule has 1 N–H and O–H groups in total. The van der Waals surface area contributed by atoms with Crippen LogP contribution in [0.3, 0.4) is 0 Å². The van der Waals surface area contributed by atoms with E-state index < -0.39 is 9.84 Å². The fraction of sp³-hybridized carbons (Fsp3) is 0.333. The summed E-state index contributed by atoms with van der Waals surface area (Å²) in [5.41, 5.74) is 1.87. The average Bonchev–Trinajstić information content (AvgIpc) is 2.38. The van der Waals surface area contributed by atoms with Gasteiger partial charge in [0, 0.05) is 17.8 Å². The average molecular weight is 305 g/mol. The highest BCUT2D eigenvalue weighted by molar-refractivity contribution is 7.91. The molecule has 0 spiro atoms. The quantitative estimate of drug-likeness (QED) is 0.918. The number of anilines is 1. The lowest BCUT2D eigenvalue weighted by Gasteiger charge is -2.15. The number of nitrogens with zero attached hydrogens (tertiary/aromatic N) is 2. The van der Waals surface area contributed by atoms with Crippen molar-refractivity contribution < 1.29 is 8.42 Å².